The van der Waals surface area contributed by atoms with E-state index < -0.39 is 0 Å². The average molecular weight is 621 g/mol. The van der Waals surface area contributed by atoms with E-state index >= 15 is 0 Å². The van der Waals surface area contributed by atoms with Crippen molar-refractivity contribution in [3.8, 4) is 23.0 Å². The fourth-order valence-electron chi connectivity index (χ4n) is 3.72. The van der Waals surface area contributed by atoms with Crippen LogP contribution in [0, 0.1) is 27.7 Å². The maximum atomic E-state index is 9.01. The van der Waals surface area contributed by atoms with Crippen molar-refractivity contribution in [2.24, 2.45) is 0 Å². The van der Waals surface area contributed by atoms with Gasteiger partial charge in [0, 0.05) is 26.1 Å². The second-order valence-electron chi connectivity index (χ2n) is 8.92. The average Bonchev–Trinajstić information content (AvgIpc) is 3.38. The van der Waals surface area contributed by atoms with Gasteiger partial charge in [-0.15, -0.1) is 22.7 Å². The fraction of sp³-hybridized carbons (Fsp3) is 0.724. The van der Waals surface area contributed by atoms with Crippen molar-refractivity contribution >= 4 is 22.7 Å². The third-order valence-corrected chi connectivity index (χ3v) is 7.49. The van der Waals surface area contributed by atoms with Gasteiger partial charge in [-0.1, -0.05) is 6.92 Å². The summed E-state index contributed by atoms with van der Waals surface area (Å²) < 4.78 is 51.1. The van der Waals surface area contributed by atoms with Crippen molar-refractivity contribution in [2.75, 3.05) is 99.1 Å². The molecule has 2 heterocycles. The molecule has 0 amide bonds. The van der Waals surface area contributed by atoms with Crippen molar-refractivity contribution < 1.29 is 47.7 Å². The second kappa shape index (κ2) is 22.0. The molecule has 0 aliphatic heterocycles. The predicted octanol–water partition coefficient (Wildman–Crippen LogP) is 4.74. The number of aliphatic hydroxyl groups excluding tert-OH is 1. The molecule has 2 aromatic heterocycles. The van der Waals surface area contributed by atoms with Gasteiger partial charge in [0.2, 0.25) is 0 Å². The van der Waals surface area contributed by atoms with Crippen LogP contribution in [0.15, 0.2) is 0 Å². The highest BCUT2D eigenvalue weighted by molar-refractivity contribution is 7.12. The third kappa shape index (κ3) is 13.9. The lowest BCUT2D eigenvalue weighted by Gasteiger charge is -2.12. The summed E-state index contributed by atoms with van der Waals surface area (Å²) in [6, 6.07) is 0. The van der Waals surface area contributed by atoms with Gasteiger partial charge >= 0.3 is 0 Å². The minimum atomic E-state index is -0.0341. The van der Waals surface area contributed by atoms with Crippen molar-refractivity contribution in [1.29, 1.82) is 0 Å². The molecule has 2 aromatic rings. The molecule has 10 nitrogen and oxygen atoms in total. The van der Waals surface area contributed by atoms with E-state index in [2.05, 4.69) is 6.92 Å². The molecule has 0 aliphatic carbocycles. The van der Waals surface area contributed by atoms with Crippen LogP contribution in [0.3, 0.4) is 0 Å². The first-order valence-electron chi connectivity index (χ1n) is 14.2. The molecule has 0 atom stereocenters. The summed E-state index contributed by atoms with van der Waals surface area (Å²) in [7, 11) is 0. The van der Waals surface area contributed by atoms with E-state index in [0.29, 0.717) is 85.0 Å². The highest BCUT2D eigenvalue weighted by Crippen LogP contribution is 2.42. The fourth-order valence-corrected chi connectivity index (χ4v) is 5.61. The second-order valence-corrected chi connectivity index (χ2v) is 11.8. The topological polar surface area (TPSA) is 103 Å². The quantitative estimate of drug-likeness (QED) is 0.148. The summed E-state index contributed by atoms with van der Waals surface area (Å²) in [5.41, 5.74) is 0. The molecule has 0 unspecified atom stereocenters. The van der Waals surface area contributed by atoms with E-state index in [1.165, 1.54) is 0 Å². The molecule has 0 spiro atoms. The largest absolute Gasteiger partial charge is 0.486 e. The number of hydrogen-bond acceptors (Lipinski definition) is 12. The first-order chi connectivity index (χ1) is 20.0. The number of aliphatic hydroxyl groups is 1. The van der Waals surface area contributed by atoms with Gasteiger partial charge in [0.25, 0.3) is 0 Å². The van der Waals surface area contributed by atoms with Gasteiger partial charge in [-0.3, -0.25) is 0 Å². The highest BCUT2D eigenvalue weighted by atomic mass is 32.1. The zero-order chi connectivity index (χ0) is 29.7. The van der Waals surface area contributed by atoms with E-state index in [0.717, 1.165) is 49.8 Å². The van der Waals surface area contributed by atoms with Gasteiger partial charge in [-0.05, 0) is 34.1 Å². The summed E-state index contributed by atoms with van der Waals surface area (Å²) in [5.74, 6) is 2.99. The monoisotopic (exact) mass is 620 g/mol. The Morgan fingerprint density at radius 1 is 0.415 bits per heavy atom. The first-order valence-corrected chi connectivity index (χ1v) is 15.8. The van der Waals surface area contributed by atoms with Crippen molar-refractivity contribution in [2.45, 2.75) is 41.0 Å². The standard InChI is InChI=1S/C29H48O10S2/c1-6-8-31-10-11-33-16-20-38-28-24(4)41-25(5)29(28)39-21-18-35-15-13-32-12-14-34-17-19-37-27-23(3)40-22(2)26(27)36-9-7-30/h30H,6-21H2,1-5H3. The van der Waals surface area contributed by atoms with E-state index in [-0.39, 0.29) is 13.2 Å². The van der Waals surface area contributed by atoms with Gasteiger partial charge in [-0.2, -0.15) is 0 Å². The first kappa shape index (κ1) is 35.6. The van der Waals surface area contributed by atoms with Crippen LogP contribution in [0.1, 0.15) is 32.9 Å². The smallest absolute Gasteiger partial charge is 0.175 e. The lowest BCUT2D eigenvalue weighted by molar-refractivity contribution is 0.00463. The molecular formula is C29H48O10S2. The molecule has 0 aromatic carbocycles. The maximum absolute atomic E-state index is 9.01. The molecule has 0 radical (unpaired) electrons. The van der Waals surface area contributed by atoms with Crippen molar-refractivity contribution in [1.82, 2.24) is 0 Å². The Labute approximate surface area is 252 Å². The van der Waals surface area contributed by atoms with Crippen LogP contribution in [-0.4, -0.2) is 104 Å². The van der Waals surface area contributed by atoms with Gasteiger partial charge in [0.05, 0.1) is 66.1 Å². The Bertz CT molecular complexity index is 947. The van der Waals surface area contributed by atoms with Crippen molar-refractivity contribution in [3.63, 3.8) is 0 Å². The van der Waals surface area contributed by atoms with Crippen LogP contribution in [0.2, 0.25) is 0 Å². The zero-order valence-electron chi connectivity index (χ0n) is 25.3. The van der Waals surface area contributed by atoms with Crippen LogP contribution in [0.5, 0.6) is 23.0 Å². The molecule has 0 fully saturated rings. The van der Waals surface area contributed by atoms with E-state index in [1.807, 2.05) is 27.7 Å². The van der Waals surface area contributed by atoms with Crippen LogP contribution < -0.4 is 18.9 Å². The molecule has 236 valence electrons. The van der Waals surface area contributed by atoms with E-state index in [1.54, 1.807) is 22.7 Å². The number of hydrogen-bond donors (Lipinski definition) is 1. The number of rotatable bonds is 26. The Morgan fingerprint density at radius 3 is 0.976 bits per heavy atom. The van der Waals surface area contributed by atoms with Crippen LogP contribution in [0.4, 0.5) is 0 Å². The summed E-state index contributed by atoms with van der Waals surface area (Å²) in [5, 5.41) is 9.01. The molecule has 0 saturated carbocycles. The molecule has 12 heteroatoms. The number of ether oxygens (including phenoxy) is 9. The van der Waals surface area contributed by atoms with Gasteiger partial charge in [0.1, 0.15) is 26.4 Å². The molecule has 1 N–H and O–H groups in total. The molecular weight excluding hydrogens is 572 g/mol. The van der Waals surface area contributed by atoms with E-state index in [4.69, 9.17) is 47.7 Å². The summed E-state index contributed by atoms with van der Waals surface area (Å²) in [4.78, 5) is 4.24. The lowest BCUT2D eigenvalue weighted by Crippen LogP contribution is -2.15. The van der Waals surface area contributed by atoms with Gasteiger partial charge in [0.15, 0.2) is 23.0 Å². The summed E-state index contributed by atoms with van der Waals surface area (Å²) in [6.07, 6.45) is 1.01. The SMILES string of the molecule is CCCOCCOCCOc1c(C)sc(C)c1OCCOCCOCCOCCOc1c(C)sc(C)c1OCCO. The predicted molar refractivity (Wildman–Crippen MR) is 161 cm³/mol. The van der Waals surface area contributed by atoms with Gasteiger partial charge in [-0.25, -0.2) is 0 Å². The lowest BCUT2D eigenvalue weighted by atomic mass is 10.4. The van der Waals surface area contributed by atoms with Crippen LogP contribution >= 0.6 is 22.7 Å². The number of aryl methyl sites for hydroxylation is 4. The van der Waals surface area contributed by atoms with Crippen molar-refractivity contribution in [3.05, 3.63) is 19.5 Å². The normalized spacial score (nSPS) is 11.3. The molecule has 41 heavy (non-hydrogen) atoms. The molecule has 0 aliphatic rings. The molecule has 2 rings (SSSR count). The van der Waals surface area contributed by atoms with Gasteiger partial charge < -0.3 is 47.7 Å². The van der Waals surface area contributed by atoms with Crippen LogP contribution in [0.25, 0.3) is 0 Å². The highest BCUT2D eigenvalue weighted by Gasteiger charge is 2.17. The Hall–Kier alpha value is -1.64. The zero-order valence-corrected chi connectivity index (χ0v) is 26.9. The Morgan fingerprint density at radius 2 is 0.683 bits per heavy atom. The summed E-state index contributed by atoms with van der Waals surface area (Å²) in [6.45, 7) is 16.9. The number of thiophene rings is 2. The third-order valence-electron chi connectivity index (χ3n) is 5.53. The maximum Gasteiger partial charge on any atom is 0.175 e. The van der Waals surface area contributed by atoms with E-state index in [9.17, 15) is 0 Å². The minimum Gasteiger partial charge on any atom is -0.486 e. The minimum absolute atomic E-state index is 0.0341. The molecule has 0 saturated heterocycles. The molecule has 0 bridgehead atoms. The Balaban J connectivity index is 1.47. The summed E-state index contributed by atoms with van der Waals surface area (Å²) >= 11 is 3.27. The Kier molecular flexibility index (Phi) is 19.1. The van der Waals surface area contributed by atoms with Crippen LogP contribution in [-0.2, 0) is 23.7 Å².